The standard InChI is InChI=1S/C14H19N3O4/c1-16(2)11-5-3-10(4-6-11)15-14(20)17-7-8-21-9-12(17)13(18)19/h3-6,12H,7-9H2,1-2H3,(H,15,20)(H,18,19). The third kappa shape index (κ3) is 3.63. The van der Waals surface area contributed by atoms with Crippen LogP contribution in [0.25, 0.3) is 0 Å². The molecule has 1 aromatic carbocycles. The van der Waals surface area contributed by atoms with Gasteiger partial charge in [-0.15, -0.1) is 0 Å². The molecule has 7 heteroatoms. The van der Waals surface area contributed by atoms with Crippen LogP contribution in [-0.4, -0.2) is 61.9 Å². The first-order chi connectivity index (χ1) is 9.99. The molecule has 1 heterocycles. The lowest BCUT2D eigenvalue weighted by molar-refractivity contribution is -0.147. The normalized spacial score (nSPS) is 18.2. The number of carboxylic acids is 1. The van der Waals surface area contributed by atoms with Crippen molar-refractivity contribution in [2.24, 2.45) is 0 Å². The summed E-state index contributed by atoms with van der Waals surface area (Å²) in [7, 11) is 3.86. The number of nitrogens with one attached hydrogen (secondary N) is 1. The van der Waals surface area contributed by atoms with Crippen molar-refractivity contribution in [3.8, 4) is 0 Å². The highest BCUT2D eigenvalue weighted by Crippen LogP contribution is 2.17. The fourth-order valence-electron chi connectivity index (χ4n) is 2.09. The first kappa shape index (κ1) is 15.1. The van der Waals surface area contributed by atoms with Gasteiger partial charge in [-0.25, -0.2) is 9.59 Å². The van der Waals surface area contributed by atoms with Gasteiger partial charge in [0.2, 0.25) is 0 Å². The Hall–Kier alpha value is -2.28. The Morgan fingerprint density at radius 1 is 1.33 bits per heavy atom. The van der Waals surface area contributed by atoms with E-state index in [9.17, 15) is 9.59 Å². The van der Waals surface area contributed by atoms with Crippen molar-refractivity contribution >= 4 is 23.4 Å². The first-order valence-electron chi connectivity index (χ1n) is 6.64. The number of carbonyl (C=O) groups is 2. The molecule has 114 valence electrons. The molecule has 0 aromatic heterocycles. The van der Waals surface area contributed by atoms with Crippen LogP contribution in [0.5, 0.6) is 0 Å². The molecule has 1 unspecified atom stereocenters. The lowest BCUT2D eigenvalue weighted by Crippen LogP contribution is -2.53. The van der Waals surface area contributed by atoms with Crippen molar-refractivity contribution in [3.63, 3.8) is 0 Å². The number of nitrogens with zero attached hydrogens (tertiary/aromatic N) is 2. The van der Waals surface area contributed by atoms with Crippen molar-refractivity contribution in [2.75, 3.05) is 44.1 Å². The Morgan fingerprint density at radius 2 is 2.00 bits per heavy atom. The molecule has 2 N–H and O–H groups in total. The van der Waals surface area contributed by atoms with Crippen molar-refractivity contribution < 1.29 is 19.4 Å². The Kier molecular flexibility index (Phi) is 4.64. The number of hydrogen-bond acceptors (Lipinski definition) is 4. The van der Waals surface area contributed by atoms with E-state index in [0.29, 0.717) is 12.3 Å². The minimum Gasteiger partial charge on any atom is -0.480 e. The van der Waals surface area contributed by atoms with Gasteiger partial charge in [-0.05, 0) is 24.3 Å². The fraction of sp³-hybridized carbons (Fsp3) is 0.429. The minimum atomic E-state index is -1.06. The molecule has 1 aromatic rings. The number of ether oxygens (including phenoxy) is 1. The molecule has 0 radical (unpaired) electrons. The number of anilines is 2. The van der Waals surface area contributed by atoms with E-state index in [0.717, 1.165) is 5.69 Å². The van der Waals surface area contributed by atoms with Gasteiger partial charge >= 0.3 is 12.0 Å². The molecule has 21 heavy (non-hydrogen) atoms. The van der Waals surface area contributed by atoms with E-state index in [-0.39, 0.29) is 13.2 Å². The second kappa shape index (κ2) is 6.45. The van der Waals surface area contributed by atoms with Crippen LogP contribution in [0.1, 0.15) is 0 Å². The van der Waals surface area contributed by atoms with Crippen molar-refractivity contribution in [3.05, 3.63) is 24.3 Å². The number of rotatable bonds is 3. The number of carboxylic acid groups (broad SMARTS) is 1. The lowest BCUT2D eigenvalue weighted by Gasteiger charge is -2.32. The summed E-state index contributed by atoms with van der Waals surface area (Å²) >= 11 is 0. The molecule has 1 aliphatic heterocycles. The maximum atomic E-state index is 12.2. The molecule has 2 rings (SSSR count). The summed E-state index contributed by atoms with van der Waals surface area (Å²) in [5.41, 5.74) is 1.64. The van der Waals surface area contributed by atoms with Gasteiger partial charge in [-0.3, -0.25) is 0 Å². The van der Waals surface area contributed by atoms with Crippen LogP contribution in [0.3, 0.4) is 0 Å². The van der Waals surface area contributed by atoms with Crippen LogP contribution in [-0.2, 0) is 9.53 Å². The summed E-state index contributed by atoms with van der Waals surface area (Å²) < 4.78 is 5.11. The molecule has 1 atom stereocenters. The number of urea groups is 1. The maximum absolute atomic E-state index is 12.2. The van der Waals surface area contributed by atoms with Crippen molar-refractivity contribution in [1.29, 1.82) is 0 Å². The lowest BCUT2D eigenvalue weighted by atomic mass is 10.2. The topological polar surface area (TPSA) is 82.1 Å². The molecule has 1 fully saturated rings. The Balaban J connectivity index is 2.04. The molecule has 0 bridgehead atoms. The Morgan fingerprint density at radius 3 is 2.57 bits per heavy atom. The third-order valence-corrected chi connectivity index (χ3v) is 3.31. The van der Waals surface area contributed by atoms with Crippen LogP contribution in [0.4, 0.5) is 16.2 Å². The van der Waals surface area contributed by atoms with E-state index >= 15 is 0 Å². The van der Waals surface area contributed by atoms with Crippen molar-refractivity contribution in [1.82, 2.24) is 4.90 Å². The zero-order chi connectivity index (χ0) is 15.4. The second-order valence-corrected chi connectivity index (χ2v) is 4.99. The van der Waals surface area contributed by atoms with E-state index in [1.54, 1.807) is 12.1 Å². The van der Waals surface area contributed by atoms with Gasteiger partial charge < -0.3 is 25.0 Å². The molecule has 1 saturated heterocycles. The minimum absolute atomic E-state index is 0.0162. The van der Waals surface area contributed by atoms with E-state index in [1.807, 2.05) is 31.1 Å². The van der Waals surface area contributed by atoms with Crippen LogP contribution in [0.15, 0.2) is 24.3 Å². The summed E-state index contributed by atoms with van der Waals surface area (Å²) in [6.45, 7) is 0.623. The van der Waals surface area contributed by atoms with Crippen molar-refractivity contribution in [2.45, 2.75) is 6.04 Å². The molecule has 0 spiro atoms. The molecule has 7 nitrogen and oxygen atoms in total. The summed E-state index contributed by atoms with van der Waals surface area (Å²) in [6.07, 6.45) is 0. The zero-order valence-corrected chi connectivity index (χ0v) is 12.1. The Bertz CT molecular complexity index is 515. The van der Waals surface area contributed by atoms with Gasteiger partial charge in [0.05, 0.1) is 13.2 Å². The molecular formula is C14H19N3O4. The molecule has 1 aliphatic rings. The van der Waals surface area contributed by atoms with E-state index in [4.69, 9.17) is 9.84 Å². The number of benzene rings is 1. The highest BCUT2D eigenvalue weighted by molar-refractivity contribution is 5.92. The number of hydrogen-bond donors (Lipinski definition) is 2. The molecular weight excluding hydrogens is 274 g/mol. The second-order valence-electron chi connectivity index (χ2n) is 4.99. The monoisotopic (exact) mass is 293 g/mol. The number of amides is 2. The van der Waals surface area contributed by atoms with Crippen LogP contribution >= 0.6 is 0 Å². The van der Waals surface area contributed by atoms with Gasteiger partial charge in [-0.2, -0.15) is 0 Å². The third-order valence-electron chi connectivity index (χ3n) is 3.31. The first-order valence-corrected chi connectivity index (χ1v) is 6.64. The smallest absolute Gasteiger partial charge is 0.328 e. The van der Waals surface area contributed by atoms with Crippen LogP contribution in [0.2, 0.25) is 0 Å². The largest absolute Gasteiger partial charge is 0.480 e. The van der Waals surface area contributed by atoms with Gasteiger partial charge in [0.1, 0.15) is 0 Å². The van der Waals surface area contributed by atoms with E-state index < -0.39 is 18.0 Å². The predicted molar refractivity (Wildman–Crippen MR) is 78.7 cm³/mol. The molecule has 2 amide bonds. The summed E-state index contributed by atoms with van der Waals surface area (Å²) in [5.74, 6) is -1.06. The fourth-order valence-corrected chi connectivity index (χ4v) is 2.09. The van der Waals surface area contributed by atoms with Gasteiger partial charge in [0.25, 0.3) is 0 Å². The number of aliphatic carboxylic acids is 1. The molecule has 0 saturated carbocycles. The highest BCUT2D eigenvalue weighted by atomic mass is 16.5. The van der Waals surface area contributed by atoms with Gasteiger partial charge in [0.15, 0.2) is 6.04 Å². The highest BCUT2D eigenvalue weighted by Gasteiger charge is 2.32. The van der Waals surface area contributed by atoms with E-state index in [1.165, 1.54) is 4.90 Å². The summed E-state index contributed by atoms with van der Waals surface area (Å²) in [6, 6.07) is 5.95. The SMILES string of the molecule is CN(C)c1ccc(NC(=O)N2CCOCC2C(=O)O)cc1. The van der Waals surface area contributed by atoms with Crippen LogP contribution in [0, 0.1) is 0 Å². The van der Waals surface area contributed by atoms with E-state index in [2.05, 4.69) is 5.32 Å². The average Bonchev–Trinajstić information content (AvgIpc) is 2.47. The summed E-state index contributed by atoms with van der Waals surface area (Å²) in [5, 5.41) is 11.8. The average molecular weight is 293 g/mol. The quantitative estimate of drug-likeness (QED) is 0.871. The number of carbonyl (C=O) groups excluding carboxylic acids is 1. The number of morpholine rings is 1. The maximum Gasteiger partial charge on any atom is 0.328 e. The molecule has 0 aliphatic carbocycles. The van der Waals surface area contributed by atoms with Gasteiger partial charge in [-0.1, -0.05) is 0 Å². The predicted octanol–water partition coefficient (Wildman–Crippen LogP) is 1.07. The van der Waals surface area contributed by atoms with Gasteiger partial charge in [0, 0.05) is 32.0 Å². The Labute approximate surface area is 123 Å². The van der Waals surface area contributed by atoms with Crippen LogP contribution < -0.4 is 10.2 Å². The zero-order valence-electron chi connectivity index (χ0n) is 12.1. The summed E-state index contributed by atoms with van der Waals surface area (Å²) in [4.78, 5) is 26.6.